The van der Waals surface area contributed by atoms with E-state index in [9.17, 15) is 18.3 Å². The van der Waals surface area contributed by atoms with Gasteiger partial charge in [-0.05, 0) is 94.7 Å². The molecule has 0 bridgehead atoms. The van der Waals surface area contributed by atoms with Crippen LogP contribution < -0.4 is 20.9 Å². The van der Waals surface area contributed by atoms with Gasteiger partial charge in [0.25, 0.3) is 0 Å². The lowest BCUT2D eigenvalue weighted by Crippen LogP contribution is -2.37. The third-order valence-corrected chi connectivity index (χ3v) is 6.49. The summed E-state index contributed by atoms with van der Waals surface area (Å²) in [4.78, 5) is 3.78. The number of benzene rings is 2. The zero-order chi connectivity index (χ0) is 25.3. The molecule has 3 rings (SSSR count). The molecule has 0 spiro atoms. The first-order chi connectivity index (χ1) is 15.8. The minimum absolute atomic E-state index is 0.0570. The molecule has 0 aromatic heterocycles. The Morgan fingerprint density at radius 2 is 1.85 bits per heavy atom. The highest BCUT2D eigenvalue weighted by atomic mass is 19.4. The Labute approximate surface area is 197 Å². The number of fused-ring (bicyclic) bond motifs is 1. The summed E-state index contributed by atoms with van der Waals surface area (Å²) in [5, 5.41) is 10.3. The number of nitrogens with zero attached hydrogens (tertiary/aromatic N) is 1. The minimum atomic E-state index is -4.51. The van der Waals surface area contributed by atoms with Crippen molar-refractivity contribution in [3.8, 4) is 17.2 Å². The third kappa shape index (κ3) is 5.51. The van der Waals surface area contributed by atoms with E-state index >= 15 is 0 Å². The zero-order valence-corrected chi connectivity index (χ0v) is 20.0. The monoisotopic (exact) mass is 479 g/mol. The molecule has 34 heavy (non-hydrogen) atoms. The van der Waals surface area contributed by atoms with Crippen LogP contribution in [0.15, 0.2) is 23.2 Å². The van der Waals surface area contributed by atoms with E-state index in [0.29, 0.717) is 18.8 Å². The Morgan fingerprint density at radius 1 is 1.15 bits per heavy atom. The van der Waals surface area contributed by atoms with E-state index in [1.165, 1.54) is 6.07 Å². The lowest BCUT2D eigenvalue weighted by Gasteiger charge is -2.38. The number of unbranched alkanes of at least 4 members (excludes halogenated alkanes) is 1. The number of alkyl halides is 3. The van der Waals surface area contributed by atoms with Gasteiger partial charge in [-0.3, -0.25) is 0 Å². The Morgan fingerprint density at radius 3 is 2.50 bits per heavy atom. The van der Waals surface area contributed by atoms with Gasteiger partial charge >= 0.3 is 6.18 Å². The molecule has 0 saturated carbocycles. The van der Waals surface area contributed by atoms with E-state index in [-0.39, 0.29) is 23.0 Å². The SMILES string of the molecule is Cc1c(C)c2c(c(C)c1O)CCC(C)(CCCCOc1ccc(C(F)(F)F)cc1N=C(N)N)O2. The van der Waals surface area contributed by atoms with Gasteiger partial charge in [-0.15, -0.1) is 0 Å². The van der Waals surface area contributed by atoms with Crippen molar-refractivity contribution in [2.45, 2.75) is 71.6 Å². The number of guanidine groups is 1. The van der Waals surface area contributed by atoms with Gasteiger partial charge in [-0.25, -0.2) is 4.99 Å². The van der Waals surface area contributed by atoms with Crippen LogP contribution in [0, 0.1) is 20.8 Å². The number of aliphatic imine (C=N–C) groups is 1. The first kappa shape index (κ1) is 25.5. The summed E-state index contributed by atoms with van der Waals surface area (Å²) >= 11 is 0. The fourth-order valence-corrected chi connectivity index (χ4v) is 4.30. The number of phenols is 1. The molecule has 0 saturated heterocycles. The molecule has 0 fully saturated rings. The summed E-state index contributed by atoms with van der Waals surface area (Å²) in [6.45, 7) is 8.16. The van der Waals surface area contributed by atoms with Gasteiger partial charge in [0.15, 0.2) is 5.96 Å². The minimum Gasteiger partial charge on any atom is -0.507 e. The van der Waals surface area contributed by atoms with Gasteiger partial charge in [-0.1, -0.05) is 0 Å². The number of halogens is 3. The maximum absolute atomic E-state index is 13.0. The first-order valence-corrected chi connectivity index (χ1v) is 11.3. The molecule has 1 atom stereocenters. The molecule has 5 N–H and O–H groups in total. The van der Waals surface area contributed by atoms with E-state index in [0.717, 1.165) is 65.8 Å². The molecule has 1 aliphatic rings. The summed E-state index contributed by atoms with van der Waals surface area (Å²) in [7, 11) is 0. The van der Waals surface area contributed by atoms with Crippen molar-refractivity contribution in [2.75, 3.05) is 6.61 Å². The van der Waals surface area contributed by atoms with Crippen LogP contribution in [-0.4, -0.2) is 23.3 Å². The fraction of sp³-hybridized carbons (Fsp3) is 0.480. The fourth-order valence-electron chi connectivity index (χ4n) is 4.30. The second-order valence-electron chi connectivity index (χ2n) is 9.11. The molecule has 1 aliphatic heterocycles. The lowest BCUT2D eigenvalue weighted by atomic mass is 9.85. The molecule has 0 radical (unpaired) electrons. The number of aromatic hydroxyl groups is 1. The second kappa shape index (κ2) is 9.64. The van der Waals surface area contributed by atoms with E-state index in [4.69, 9.17) is 20.9 Å². The quantitative estimate of drug-likeness (QED) is 0.274. The van der Waals surface area contributed by atoms with Crippen LogP contribution in [0.3, 0.4) is 0 Å². The van der Waals surface area contributed by atoms with Crippen LogP contribution in [0.2, 0.25) is 0 Å². The maximum Gasteiger partial charge on any atom is 0.416 e. The molecule has 1 unspecified atom stereocenters. The molecule has 2 aromatic rings. The van der Waals surface area contributed by atoms with E-state index in [2.05, 4.69) is 11.9 Å². The van der Waals surface area contributed by atoms with E-state index < -0.39 is 11.7 Å². The molecule has 1 heterocycles. The Bertz CT molecular complexity index is 1100. The Kier molecular flexibility index (Phi) is 7.24. The molecule has 0 aliphatic carbocycles. The van der Waals surface area contributed by atoms with Gasteiger partial charge in [0.1, 0.15) is 28.5 Å². The van der Waals surface area contributed by atoms with E-state index in [1.807, 2.05) is 20.8 Å². The summed E-state index contributed by atoms with van der Waals surface area (Å²) < 4.78 is 51.2. The average molecular weight is 480 g/mol. The molecule has 186 valence electrons. The Hall–Kier alpha value is -3.10. The van der Waals surface area contributed by atoms with Crippen LogP contribution >= 0.6 is 0 Å². The third-order valence-electron chi connectivity index (χ3n) is 6.49. The van der Waals surface area contributed by atoms with Crippen LogP contribution in [0.4, 0.5) is 18.9 Å². The Balaban J connectivity index is 1.60. The molecular weight excluding hydrogens is 447 g/mol. The molecular formula is C25H32F3N3O3. The highest BCUT2D eigenvalue weighted by Crippen LogP contribution is 2.44. The summed E-state index contributed by atoms with van der Waals surface area (Å²) in [5.74, 6) is 1.05. The molecule has 6 nitrogen and oxygen atoms in total. The average Bonchev–Trinajstić information content (AvgIpc) is 2.75. The second-order valence-corrected chi connectivity index (χ2v) is 9.11. The van der Waals surface area contributed by atoms with Gasteiger partial charge < -0.3 is 26.0 Å². The first-order valence-electron chi connectivity index (χ1n) is 11.3. The maximum atomic E-state index is 13.0. The molecule has 9 heteroatoms. The normalized spacial score (nSPS) is 17.6. The lowest BCUT2D eigenvalue weighted by molar-refractivity contribution is -0.137. The topological polar surface area (TPSA) is 103 Å². The largest absolute Gasteiger partial charge is 0.507 e. The highest BCUT2D eigenvalue weighted by molar-refractivity contribution is 5.80. The highest BCUT2D eigenvalue weighted by Gasteiger charge is 2.34. The number of ether oxygens (including phenoxy) is 2. The smallest absolute Gasteiger partial charge is 0.416 e. The van der Waals surface area contributed by atoms with Crippen LogP contribution in [-0.2, 0) is 12.6 Å². The van der Waals surface area contributed by atoms with Gasteiger partial charge in [0.2, 0.25) is 0 Å². The molecule has 2 aromatic carbocycles. The number of hydrogen-bond donors (Lipinski definition) is 3. The van der Waals surface area contributed by atoms with Crippen molar-refractivity contribution in [1.29, 1.82) is 0 Å². The zero-order valence-electron chi connectivity index (χ0n) is 20.0. The van der Waals surface area contributed by atoms with Gasteiger partial charge in [-0.2, -0.15) is 13.2 Å². The summed E-state index contributed by atoms with van der Waals surface area (Å²) in [5.41, 5.74) is 13.2. The predicted molar refractivity (Wildman–Crippen MR) is 126 cm³/mol. The summed E-state index contributed by atoms with van der Waals surface area (Å²) in [6.07, 6.45) is -0.566. The van der Waals surface area contributed by atoms with Crippen LogP contribution in [0.5, 0.6) is 17.2 Å². The number of hydrogen-bond acceptors (Lipinski definition) is 4. The van der Waals surface area contributed by atoms with Crippen molar-refractivity contribution in [3.05, 3.63) is 46.0 Å². The predicted octanol–water partition coefficient (Wildman–Crippen LogP) is 5.57. The van der Waals surface area contributed by atoms with E-state index in [1.54, 1.807) is 0 Å². The van der Waals surface area contributed by atoms with Crippen molar-refractivity contribution in [1.82, 2.24) is 0 Å². The molecule has 0 amide bonds. The van der Waals surface area contributed by atoms with Crippen molar-refractivity contribution < 1.29 is 27.8 Å². The number of nitrogens with two attached hydrogens (primary N) is 2. The van der Waals surface area contributed by atoms with Crippen molar-refractivity contribution in [2.24, 2.45) is 16.5 Å². The van der Waals surface area contributed by atoms with Gasteiger partial charge in [0, 0.05) is 5.56 Å². The standard InChI is InChI=1S/C25H32F3N3O3/c1-14-15(2)22-18(16(3)21(14)32)9-11-24(4,34-22)10-5-6-12-33-20-8-7-17(25(26,27)28)13-19(20)31-23(29)30/h7-8,13,32H,5-6,9-12H2,1-4H3,(H4,29,30,31). The number of rotatable bonds is 7. The summed E-state index contributed by atoms with van der Waals surface area (Å²) in [6, 6.07) is 3.04. The van der Waals surface area contributed by atoms with Crippen LogP contribution in [0.1, 0.15) is 60.4 Å². The number of phenolic OH excluding ortho intramolecular Hbond substituents is 1. The van der Waals surface area contributed by atoms with Crippen molar-refractivity contribution in [3.63, 3.8) is 0 Å². The van der Waals surface area contributed by atoms with Crippen molar-refractivity contribution >= 4 is 11.6 Å². The van der Waals surface area contributed by atoms with Crippen LogP contribution in [0.25, 0.3) is 0 Å². The van der Waals surface area contributed by atoms with Gasteiger partial charge in [0.05, 0.1) is 12.2 Å².